The summed E-state index contributed by atoms with van der Waals surface area (Å²) in [7, 11) is 0. The second-order valence-electron chi connectivity index (χ2n) is 6.78. The van der Waals surface area contributed by atoms with E-state index in [4.69, 9.17) is 10.5 Å². The molecule has 1 saturated heterocycles. The maximum absolute atomic E-state index is 12.7. The molecule has 0 spiro atoms. The van der Waals surface area contributed by atoms with E-state index in [1.807, 2.05) is 60.7 Å². The Morgan fingerprint density at radius 3 is 2.61 bits per heavy atom. The lowest BCUT2D eigenvalue weighted by Gasteiger charge is -2.25. The molecule has 6 heteroatoms. The van der Waals surface area contributed by atoms with Crippen LogP contribution in [0.2, 0.25) is 0 Å². The molecule has 144 valence electrons. The summed E-state index contributed by atoms with van der Waals surface area (Å²) >= 11 is 1.52. The van der Waals surface area contributed by atoms with E-state index in [-0.39, 0.29) is 5.91 Å². The number of nitrogens with two attached hydrogens (primary N) is 1. The third-order valence-corrected chi connectivity index (χ3v) is 5.85. The van der Waals surface area contributed by atoms with Crippen molar-refractivity contribution in [3.8, 4) is 11.1 Å². The van der Waals surface area contributed by atoms with Crippen LogP contribution in [0.25, 0.3) is 11.1 Å². The van der Waals surface area contributed by atoms with E-state index >= 15 is 0 Å². The molecule has 28 heavy (non-hydrogen) atoms. The molecule has 3 N–H and O–H groups in total. The number of nitrogens with zero attached hydrogens (tertiary/aromatic N) is 1. The lowest BCUT2D eigenvalue weighted by molar-refractivity contribution is 0.0346. The molecule has 3 aromatic rings. The van der Waals surface area contributed by atoms with E-state index in [0.717, 1.165) is 44.0 Å². The highest BCUT2D eigenvalue weighted by Gasteiger charge is 2.15. The van der Waals surface area contributed by atoms with Crippen molar-refractivity contribution in [2.24, 2.45) is 0 Å². The van der Waals surface area contributed by atoms with E-state index < -0.39 is 0 Å². The lowest BCUT2D eigenvalue weighted by Crippen LogP contribution is -2.35. The second kappa shape index (κ2) is 8.56. The van der Waals surface area contributed by atoms with Crippen molar-refractivity contribution in [1.82, 2.24) is 4.90 Å². The predicted octanol–water partition coefficient (Wildman–Crippen LogP) is 4.08. The smallest absolute Gasteiger partial charge is 0.265 e. The van der Waals surface area contributed by atoms with Gasteiger partial charge in [-0.25, -0.2) is 0 Å². The predicted molar refractivity (Wildman–Crippen MR) is 115 cm³/mol. The highest BCUT2D eigenvalue weighted by Crippen LogP contribution is 2.28. The molecule has 1 aliphatic rings. The number of morpholine rings is 1. The summed E-state index contributed by atoms with van der Waals surface area (Å²) < 4.78 is 5.39. The van der Waals surface area contributed by atoms with Gasteiger partial charge in [-0.05, 0) is 35.4 Å². The standard InChI is InChI=1S/C22H23N3O2S/c23-19-8-6-17(16-4-2-1-3-5-16)14-20(19)24-22(26)21-9-7-18(28-21)15-25-10-12-27-13-11-25/h1-9,14H,10-13,15,23H2,(H,24,26). The Kier molecular flexibility index (Phi) is 5.71. The Balaban J connectivity index is 1.46. The fourth-order valence-electron chi connectivity index (χ4n) is 3.22. The number of hydrogen-bond acceptors (Lipinski definition) is 5. The third-order valence-electron chi connectivity index (χ3n) is 4.78. The molecule has 4 rings (SSSR count). The molecule has 0 atom stereocenters. The minimum atomic E-state index is -0.130. The Morgan fingerprint density at radius 2 is 1.82 bits per heavy atom. The normalized spacial score (nSPS) is 14.7. The van der Waals surface area contributed by atoms with E-state index in [9.17, 15) is 4.79 Å². The second-order valence-corrected chi connectivity index (χ2v) is 7.94. The van der Waals surface area contributed by atoms with Gasteiger partial charge in [0, 0.05) is 24.5 Å². The van der Waals surface area contributed by atoms with Gasteiger partial charge >= 0.3 is 0 Å². The van der Waals surface area contributed by atoms with E-state index in [2.05, 4.69) is 10.2 Å². The van der Waals surface area contributed by atoms with Crippen LogP contribution in [0, 0.1) is 0 Å². The number of thiophene rings is 1. The molecule has 2 heterocycles. The van der Waals surface area contributed by atoms with Crippen molar-refractivity contribution in [2.45, 2.75) is 6.54 Å². The summed E-state index contributed by atoms with van der Waals surface area (Å²) in [5.41, 5.74) is 9.38. The number of hydrogen-bond donors (Lipinski definition) is 2. The number of nitrogen functional groups attached to an aromatic ring is 1. The highest BCUT2D eigenvalue weighted by molar-refractivity contribution is 7.14. The van der Waals surface area contributed by atoms with Crippen LogP contribution in [-0.2, 0) is 11.3 Å². The maximum atomic E-state index is 12.7. The monoisotopic (exact) mass is 393 g/mol. The Labute approximate surface area is 168 Å². The molecule has 0 saturated carbocycles. The molecule has 1 aromatic heterocycles. The van der Waals surface area contributed by atoms with Crippen molar-refractivity contribution >= 4 is 28.6 Å². The number of amides is 1. The SMILES string of the molecule is Nc1ccc(-c2ccccc2)cc1NC(=O)c1ccc(CN2CCOCC2)s1. The van der Waals surface area contributed by atoms with Crippen LogP contribution in [0.3, 0.4) is 0 Å². The van der Waals surface area contributed by atoms with Gasteiger partial charge in [-0.3, -0.25) is 9.69 Å². The molecule has 5 nitrogen and oxygen atoms in total. The first-order valence-corrected chi connectivity index (χ1v) is 10.2. The van der Waals surface area contributed by atoms with Gasteiger partial charge in [-0.1, -0.05) is 36.4 Å². The molecular formula is C22H23N3O2S. The van der Waals surface area contributed by atoms with Crippen LogP contribution < -0.4 is 11.1 Å². The van der Waals surface area contributed by atoms with Crippen LogP contribution >= 0.6 is 11.3 Å². The number of carbonyl (C=O) groups is 1. The number of anilines is 2. The van der Waals surface area contributed by atoms with Crippen LogP contribution in [0.5, 0.6) is 0 Å². The largest absolute Gasteiger partial charge is 0.397 e. The molecule has 0 bridgehead atoms. The number of rotatable bonds is 5. The van der Waals surface area contributed by atoms with Gasteiger partial charge < -0.3 is 15.8 Å². The number of ether oxygens (including phenoxy) is 1. The molecule has 0 unspecified atom stereocenters. The topological polar surface area (TPSA) is 67.6 Å². The molecule has 2 aromatic carbocycles. The minimum Gasteiger partial charge on any atom is -0.397 e. The zero-order valence-corrected chi connectivity index (χ0v) is 16.4. The number of nitrogens with one attached hydrogen (secondary N) is 1. The molecule has 0 radical (unpaired) electrons. The average molecular weight is 394 g/mol. The minimum absolute atomic E-state index is 0.130. The van der Waals surface area contributed by atoms with Crippen molar-refractivity contribution in [3.63, 3.8) is 0 Å². The molecule has 0 aliphatic carbocycles. The molecule has 1 aliphatic heterocycles. The first-order valence-electron chi connectivity index (χ1n) is 9.34. The van der Waals surface area contributed by atoms with Crippen molar-refractivity contribution in [3.05, 3.63) is 70.4 Å². The summed E-state index contributed by atoms with van der Waals surface area (Å²) in [6, 6.07) is 19.7. The van der Waals surface area contributed by atoms with E-state index in [1.165, 1.54) is 16.2 Å². The Morgan fingerprint density at radius 1 is 1.04 bits per heavy atom. The molecule has 1 fully saturated rings. The lowest BCUT2D eigenvalue weighted by atomic mass is 10.0. The third kappa shape index (κ3) is 4.42. The Hall–Kier alpha value is -2.67. The quantitative estimate of drug-likeness (QED) is 0.641. The van der Waals surface area contributed by atoms with Gasteiger partial charge in [-0.15, -0.1) is 11.3 Å². The van der Waals surface area contributed by atoms with Gasteiger partial charge in [-0.2, -0.15) is 0 Å². The van der Waals surface area contributed by atoms with Crippen LogP contribution in [0.4, 0.5) is 11.4 Å². The van der Waals surface area contributed by atoms with E-state index in [1.54, 1.807) is 0 Å². The fourth-order valence-corrected chi connectivity index (χ4v) is 4.17. The summed E-state index contributed by atoms with van der Waals surface area (Å²) in [5, 5.41) is 2.97. The van der Waals surface area contributed by atoms with Crippen molar-refractivity contribution in [2.75, 3.05) is 37.4 Å². The Bertz CT molecular complexity index is 949. The summed E-state index contributed by atoms with van der Waals surface area (Å²) in [6.07, 6.45) is 0. The van der Waals surface area contributed by atoms with Gasteiger partial charge in [0.2, 0.25) is 0 Å². The number of benzene rings is 2. The summed E-state index contributed by atoms with van der Waals surface area (Å²) in [4.78, 5) is 16.9. The van der Waals surface area contributed by atoms with Gasteiger partial charge in [0.15, 0.2) is 0 Å². The first-order chi connectivity index (χ1) is 13.7. The van der Waals surface area contributed by atoms with Crippen LogP contribution in [0.15, 0.2) is 60.7 Å². The summed E-state index contributed by atoms with van der Waals surface area (Å²) in [6.45, 7) is 4.27. The van der Waals surface area contributed by atoms with Crippen molar-refractivity contribution < 1.29 is 9.53 Å². The zero-order chi connectivity index (χ0) is 19.3. The van der Waals surface area contributed by atoms with Crippen LogP contribution in [-0.4, -0.2) is 37.1 Å². The van der Waals surface area contributed by atoms with Gasteiger partial charge in [0.1, 0.15) is 0 Å². The average Bonchev–Trinajstić information content (AvgIpc) is 3.20. The first kappa shape index (κ1) is 18.7. The summed E-state index contributed by atoms with van der Waals surface area (Å²) in [5.74, 6) is -0.130. The fraction of sp³-hybridized carbons (Fsp3) is 0.227. The number of carbonyl (C=O) groups excluding carboxylic acids is 1. The van der Waals surface area contributed by atoms with E-state index in [0.29, 0.717) is 16.3 Å². The molecule has 1 amide bonds. The van der Waals surface area contributed by atoms with Gasteiger partial charge in [0.25, 0.3) is 5.91 Å². The zero-order valence-electron chi connectivity index (χ0n) is 15.6. The van der Waals surface area contributed by atoms with Crippen molar-refractivity contribution in [1.29, 1.82) is 0 Å². The maximum Gasteiger partial charge on any atom is 0.265 e. The molecular weight excluding hydrogens is 370 g/mol. The highest BCUT2D eigenvalue weighted by atomic mass is 32.1. The van der Waals surface area contributed by atoms with Gasteiger partial charge in [0.05, 0.1) is 29.5 Å². The van der Waals surface area contributed by atoms with Crippen LogP contribution in [0.1, 0.15) is 14.5 Å².